The number of benzene rings is 1. The molecule has 1 atom stereocenters. The number of hydrogen-bond donors (Lipinski definition) is 0. The Kier molecular flexibility index (Phi) is 3.14. The molecule has 0 aliphatic heterocycles. The largest absolute Gasteiger partial charge is 0.297 e. The van der Waals surface area contributed by atoms with Crippen LogP contribution in [0.15, 0.2) is 30.3 Å². The van der Waals surface area contributed by atoms with Crippen LogP contribution in [-0.2, 0) is 4.79 Å². The highest BCUT2D eigenvalue weighted by molar-refractivity contribution is 6.31. The number of carbonyl (C=O) groups excluding carboxylic acids is 1. The first-order valence-corrected chi connectivity index (χ1v) is 8.38. The van der Waals surface area contributed by atoms with E-state index in [1.165, 1.54) is 32.1 Å². The van der Waals surface area contributed by atoms with E-state index < -0.39 is 5.38 Å². The zero-order valence-corrected chi connectivity index (χ0v) is 12.4. The molecule has 0 spiro atoms. The minimum atomic E-state index is -0.446. The second-order valence-corrected chi connectivity index (χ2v) is 7.57. The molecule has 1 unspecified atom stereocenters. The van der Waals surface area contributed by atoms with E-state index in [1.807, 2.05) is 30.3 Å². The van der Waals surface area contributed by atoms with E-state index in [2.05, 4.69) is 0 Å². The van der Waals surface area contributed by atoms with E-state index in [-0.39, 0.29) is 5.92 Å². The van der Waals surface area contributed by atoms with Gasteiger partial charge in [0.1, 0.15) is 5.38 Å². The van der Waals surface area contributed by atoms with E-state index in [0.29, 0.717) is 17.6 Å². The van der Waals surface area contributed by atoms with Gasteiger partial charge in [0.2, 0.25) is 0 Å². The molecule has 4 bridgehead atoms. The van der Waals surface area contributed by atoms with Gasteiger partial charge in [-0.3, -0.25) is 4.79 Å². The Hall–Kier alpha value is -0.820. The number of rotatable bonds is 3. The zero-order valence-electron chi connectivity index (χ0n) is 11.7. The van der Waals surface area contributed by atoms with Crippen molar-refractivity contribution in [3.63, 3.8) is 0 Å². The second-order valence-electron chi connectivity index (χ2n) is 7.13. The number of hydrogen-bond acceptors (Lipinski definition) is 1. The van der Waals surface area contributed by atoms with E-state index >= 15 is 0 Å². The van der Waals surface area contributed by atoms with Gasteiger partial charge in [0.15, 0.2) is 5.78 Å². The summed E-state index contributed by atoms with van der Waals surface area (Å²) in [6.07, 6.45) is 6.55. The Bertz CT molecular complexity index is 481. The third-order valence-electron chi connectivity index (χ3n) is 5.90. The summed E-state index contributed by atoms with van der Waals surface area (Å²) in [7, 11) is 0. The Balaban J connectivity index is 1.57. The van der Waals surface area contributed by atoms with Crippen LogP contribution in [0.3, 0.4) is 0 Å². The normalized spacial score (nSPS) is 39.8. The molecule has 5 rings (SSSR count). The predicted octanol–water partition coefficient (Wildman–Crippen LogP) is 4.61. The number of ketones is 1. The van der Waals surface area contributed by atoms with Gasteiger partial charge >= 0.3 is 0 Å². The van der Waals surface area contributed by atoms with Gasteiger partial charge in [-0.15, -0.1) is 11.6 Å². The SMILES string of the molecule is O=C(C(Cl)c1ccccc1)C1C2CC3CC(C2)CC1C3. The van der Waals surface area contributed by atoms with Crippen molar-refractivity contribution < 1.29 is 4.79 Å². The molecule has 4 saturated carbocycles. The monoisotopic (exact) mass is 288 g/mol. The molecule has 4 fully saturated rings. The summed E-state index contributed by atoms with van der Waals surface area (Å²) in [5, 5.41) is -0.446. The number of alkyl halides is 1. The van der Waals surface area contributed by atoms with Crippen molar-refractivity contribution in [1.29, 1.82) is 0 Å². The number of Topliss-reactive ketones (excluding diaryl/α,β-unsaturated/α-hetero) is 1. The summed E-state index contributed by atoms with van der Waals surface area (Å²) >= 11 is 6.50. The molecule has 0 radical (unpaired) electrons. The van der Waals surface area contributed by atoms with Crippen LogP contribution in [0, 0.1) is 29.6 Å². The highest BCUT2D eigenvalue weighted by atomic mass is 35.5. The molecular formula is C18H21ClO. The van der Waals surface area contributed by atoms with Gasteiger partial charge in [-0.25, -0.2) is 0 Å². The standard InChI is InChI=1S/C18H21ClO/c19-17(13-4-2-1-3-5-13)18(20)16-14-7-11-6-12(9-14)10-15(16)8-11/h1-5,11-12,14-17H,6-10H2. The van der Waals surface area contributed by atoms with Crippen LogP contribution < -0.4 is 0 Å². The molecule has 1 nitrogen and oxygen atoms in total. The Morgan fingerprint density at radius 2 is 1.50 bits per heavy atom. The summed E-state index contributed by atoms with van der Waals surface area (Å²) in [6, 6.07) is 9.86. The fourth-order valence-corrected chi connectivity index (χ4v) is 5.64. The second kappa shape index (κ2) is 4.87. The zero-order chi connectivity index (χ0) is 13.7. The molecule has 4 aliphatic rings. The van der Waals surface area contributed by atoms with Gasteiger partial charge in [-0.05, 0) is 61.3 Å². The van der Waals surface area contributed by atoms with Gasteiger partial charge in [0.05, 0.1) is 0 Å². The molecule has 20 heavy (non-hydrogen) atoms. The van der Waals surface area contributed by atoms with Gasteiger partial charge in [-0.2, -0.15) is 0 Å². The number of carbonyl (C=O) groups is 1. The molecule has 106 valence electrons. The van der Waals surface area contributed by atoms with Gasteiger partial charge < -0.3 is 0 Å². The van der Waals surface area contributed by atoms with E-state index in [0.717, 1.165) is 17.4 Å². The molecule has 0 amide bonds. The number of halogens is 1. The lowest BCUT2D eigenvalue weighted by atomic mass is 9.51. The maximum absolute atomic E-state index is 12.9. The van der Waals surface area contributed by atoms with Gasteiger partial charge in [0.25, 0.3) is 0 Å². The van der Waals surface area contributed by atoms with Crippen molar-refractivity contribution in [3.05, 3.63) is 35.9 Å². The first kappa shape index (κ1) is 12.9. The van der Waals surface area contributed by atoms with Crippen LogP contribution in [0.2, 0.25) is 0 Å². The van der Waals surface area contributed by atoms with Crippen LogP contribution in [-0.4, -0.2) is 5.78 Å². The average Bonchev–Trinajstić information content (AvgIpc) is 2.46. The highest BCUT2D eigenvalue weighted by Crippen LogP contribution is 2.57. The first-order chi connectivity index (χ1) is 9.72. The van der Waals surface area contributed by atoms with Crippen LogP contribution in [0.25, 0.3) is 0 Å². The molecule has 2 heteroatoms. The quantitative estimate of drug-likeness (QED) is 0.743. The van der Waals surface area contributed by atoms with Crippen LogP contribution >= 0.6 is 11.6 Å². The lowest BCUT2D eigenvalue weighted by Gasteiger charge is -2.54. The van der Waals surface area contributed by atoms with E-state index in [4.69, 9.17) is 11.6 Å². The Morgan fingerprint density at radius 1 is 0.950 bits per heavy atom. The third kappa shape index (κ3) is 2.02. The fourth-order valence-electron chi connectivity index (χ4n) is 5.34. The lowest BCUT2D eigenvalue weighted by molar-refractivity contribution is -0.135. The lowest BCUT2D eigenvalue weighted by Crippen LogP contribution is -2.48. The summed E-state index contributed by atoms with van der Waals surface area (Å²) in [5.74, 6) is 3.61. The van der Waals surface area contributed by atoms with Crippen molar-refractivity contribution >= 4 is 17.4 Å². The molecule has 0 aromatic heterocycles. The Morgan fingerprint density at radius 3 is 2.05 bits per heavy atom. The maximum Gasteiger partial charge on any atom is 0.158 e. The topological polar surface area (TPSA) is 17.1 Å². The third-order valence-corrected chi connectivity index (χ3v) is 6.36. The molecule has 4 aliphatic carbocycles. The average molecular weight is 289 g/mol. The molecule has 0 heterocycles. The first-order valence-electron chi connectivity index (χ1n) is 7.95. The summed E-state index contributed by atoms with van der Waals surface area (Å²) < 4.78 is 0. The molecule has 1 aromatic carbocycles. The van der Waals surface area contributed by atoms with E-state index in [9.17, 15) is 4.79 Å². The van der Waals surface area contributed by atoms with Crippen LogP contribution in [0.4, 0.5) is 0 Å². The van der Waals surface area contributed by atoms with Crippen molar-refractivity contribution in [2.75, 3.05) is 0 Å². The van der Waals surface area contributed by atoms with Crippen LogP contribution in [0.1, 0.15) is 43.0 Å². The predicted molar refractivity (Wildman–Crippen MR) is 80.6 cm³/mol. The van der Waals surface area contributed by atoms with Crippen LogP contribution in [0.5, 0.6) is 0 Å². The highest BCUT2D eigenvalue weighted by Gasteiger charge is 2.51. The minimum Gasteiger partial charge on any atom is -0.297 e. The summed E-state index contributed by atoms with van der Waals surface area (Å²) in [6.45, 7) is 0. The summed E-state index contributed by atoms with van der Waals surface area (Å²) in [4.78, 5) is 12.9. The molecular weight excluding hydrogens is 268 g/mol. The van der Waals surface area contributed by atoms with Gasteiger partial charge in [-0.1, -0.05) is 30.3 Å². The van der Waals surface area contributed by atoms with E-state index in [1.54, 1.807) is 0 Å². The van der Waals surface area contributed by atoms with Crippen molar-refractivity contribution in [2.45, 2.75) is 37.5 Å². The summed E-state index contributed by atoms with van der Waals surface area (Å²) in [5.41, 5.74) is 0.966. The Labute approximate surface area is 125 Å². The smallest absolute Gasteiger partial charge is 0.158 e. The fraction of sp³-hybridized carbons (Fsp3) is 0.611. The molecule has 1 aromatic rings. The molecule has 0 saturated heterocycles. The maximum atomic E-state index is 12.9. The van der Waals surface area contributed by atoms with Crippen molar-refractivity contribution in [1.82, 2.24) is 0 Å². The molecule has 0 N–H and O–H groups in total. The minimum absolute atomic E-state index is 0.241. The van der Waals surface area contributed by atoms with Gasteiger partial charge in [0, 0.05) is 5.92 Å². The van der Waals surface area contributed by atoms with Crippen molar-refractivity contribution in [3.8, 4) is 0 Å². The van der Waals surface area contributed by atoms with Crippen molar-refractivity contribution in [2.24, 2.45) is 29.6 Å².